The van der Waals surface area contributed by atoms with Crippen molar-refractivity contribution in [2.45, 2.75) is 56.9 Å². The zero-order chi connectivity index (χ0) is 14.4. The van der Waals surface area contributed by atoms with Crippen molar-refractivity contribution in [3.63, 3.8) is 0 Å². The first-order valence-corrected chi connectivity index (χ1v) is 8.91. The van der Waals surface area contributed by atoms with Crippen LogP contribution < -0.4 is 0 Å². The van der Waals surface area contributed by atoms with Crippen LogP contribution in [0.4, 0.5) is 0 Å². The van der Waals surface area contributed by atoms with Gasteiger partial charge in [0.05, 0.1) is 11.6 Å². The highest BCUT2D eigenvalue weighted by atomic mass is 32.1. The molecule has 4 fully saturated rings. The van der Waals surface area contributed by atoms with Crippen molar-refractivity contribution in [3.8, 4) is 6.07 Å². The molecular formula is C17H21N3S. The van der Waals surface area contributed by atoms with E-state index >= 15 is 0 Å². The van der Waals surface area contributed by atoms with Crippen LogP contribution in [-0.2, 0) is 0 Å². The van der Waals surface area contributed by atoms with Gasteiger partial charge < -0.3 is 0 Å². The fraction of sp³-hybridized carbons (Fsp3) is 0.706. The summed E-state index contributed by atoms with van der Waals surface area (Å²) < 4.78 is 0. The van der Waals surface area contributed by atoms with Crippen molar-refractivity contribution >= 4 is 17.6 Å². The van der Waals surface area contributed by atoms with Crippen molar-refractivity contribution < 1.29 is 0 Å². The highest BCUT2D eigenvalue weighted by molar-refractivity contribution is 7.09. The van der Waals surface area contributed by atoms with Gasteiger partial charge in [-0.3, -0.25) is 4.99 Å². The maximum atomic E-state index is 9.43. The molecule has 0 aliphatic heterocycles. The Hall–Kier alpha value is -1.21. The van der Waals surface area contributed by atoms with Crippen LogP contribution in [0, 0.1) is 36.0 Å². The molecule has 0 spiro atoms. The van der Waals surface area contributed by atoms with Gasteiger partial charge in [0.1, 0.15) is 10.9 Å². The minimum absolute atomic E-state index is 0.163. The smallest absolute Gasteiger partial charge is 0.133 e. The number of nitriles is 1. The molecule has 0 unspecified atom stereocenters. The first-order valence-electron chi connectivity index (χ1n) is 8.03. The Labute approximate surface area is 130 Å². The molecule has 0 radical (unpaired) electrons. The first kappa shape index (κ1) is 13.5. The van der Waals surface area contributed by atoms with E-state index in [9.17, 15) is 5.26 Å². The van der Waals surface area contributed by atoms with Crippen molar-refractivity contribution in [2.24, 2.45) is 22.7 Å². The molecule has 21 heavy (non-hydrogen) atoms. The van der Waals surface area contributed by atoms with Crippen LogP contribution >= 0.6 is 11.3 Å². The van der Waals surface area contributed by atoms with Crippen molar-refractivity contribution in [1.29, 1.82) is 5.26 Å². The Morgan fingerprint density at radius 1 is 1.33 bits per heavy atom. The third-order valence-electron chi connectivity index (χ3n) is 5.55. The van der Waals surface area contributed by atoms with E-state index in [-0.39, 0.29) is 11.5 Å². The second-order valence-corrected chi connectivity index (χ2v) is 8.24. The lowest BCUT2D eigenvalue weighted by atomic mass is 9.53. The Morgan fingerprint density at radius 2 is 1.95 bits per heavy atom. The monoisotopic (exact) mass is 299 g/mol. The average Bonchev–Trinajstić information content (AvgIpc) is 2.84. The molecule has 0 saturated heterocycles. The molecule has 1 aromatic heterocycles. The summed E-state index contributed by atoms with van der Waals surface area (Å²) in [5.74, 6) is 2.43. The molecule has 0 N–H and O–H groups in total. The van der Waals surface area contributed by atoms with Gasteiger partial charge >= 0.3 is 0 Å². The van der Waals surface area contributed by atoms with Crippen LogP contribution in [0.5, 0.6) is 0 Å². The van der Waals surface area contributed by atoms with Gasteiger partial charge in [0.15, 0.2) is 0 Å². The molecule has 0 amide bonds. The van der Waals surface area contributed by atoms with Gasteiger partial charge in [-0.2, -0.15) is 5.26 Å². The number of hydrogen-bond donors (Lipinski definition) is 0. The Bertz CT molecular complexity index is 575. The third-order valence-corrected chi connectivity index (χ3v) is 6.59. The maximum Gasteiger partial charge on any atom is 0.133 e. The zero-order valence-electron chi connectivity index (χ0n) is 12.5. The summed E-state index contributed by atoms with van der Waals surface area (Å²) in [7, 11) is 0. The average molecular weight is 299 g/mol. The fourth-order valence-electron chi connectivity index (χ4n) is 5.12. The van der Waals surface area contributed by atoms with Crippen LogP contribution in [0.3, 0.4) is 0 Å². The molecule has 4 aliphatic carbocycles. The highest BCUT2D eigenvalue weighted by Crippen LogP contribution is 2.57. The maximum absolute atomic E-state index is 9.43. The van der Waals surface area contributed by atoms with Gasteiger partial charge in [-0.05, 0) is 63.2 Å². The quantitative estimate of drug-likeness (QED) is 0.789. The van der Waals surface area contributed by atoms with E-state index in [1.54, 1.807) is 11.3 Å². The third kappa shape index (κ3) is 2.42. The lowest BCUT2D eigenvalue weighted by Gasteiger charge is -2.55. The van der Waals surface area contributed by atoms with Crippen molar-refractivity contribution in [1.82, 2.24) is 4.98 Å². The van der Waals surface area contributed by atoms with Crippen LogP contribution in [-0.4, -0.2) is 16.7 Å². The van der Waals surface area contributed by atoms with Crippen molar-refractivity contribution in [3.05, 3.63) is 16.1 Å². The van der Waals surface area contributed by atoms with E-state index < -0.39 is 0 Å². The number of thiazole rings is 1. The molecule has 4 aliphatic rings. The number of aromatic nitrogens is 1. The van der Waals surface area contributed by atoms with Crippen LogP contribution in [0.25, 0.3) is 0 Å². The van der Waals surface area contributed by atoms with Gasteiger partial charge in [-0.15, -0.1) is 11.3 Å². The summed E-state index contributed by atoms with van der Waals surface area (Å²) in [4.78, 5) is 9.44. The molecular weight excluding hydrogens is 278 g/mol. The standard InChI is InChI=1S/C17H21N3S/c1-11-10-21-16(20-11)15(8-18)9-19-17-5-12-2-13(6-17)4-14(3-12)7-17/h9-10,12-15H,2-7H2,1H3/t12?,13?,14?,15-,17?/m0/s1. The number of aliphatic imine (C=N–C) groups is 1. The van der Waals surface area contributed by atoms with Crippen LogP contribution in [0.2, 0.25) is 0 Å². The van der Waals surface area contributed by atoms with E-state index in [1.807, 2.05) is 18.5 Å². The Balaban J connectivity index is 1.56. The summed E-state index contributed by atoms with van der Waals surface area (Å²) in [6.07, 6.45) is 9.97. The van der Waals surface area contributed by atoms with E-state index in [0.717, 1.165) is 28.5 Å². The lowest BCUT2D eigenvalue weighted by molar-refractivity contribution is 0.00184. The minimum Gasteiger partial charge on any atom is -0.289 e. The molecule has 1 aromatic rings. The topological polar surface area (TPSA) is 49.0 Å². The lowest BCUT2D eigenvalue weighted by Crippen LogP contribution is -2.49. The van der Waals surface area contributed by atoms with Gasteiger partial charge in [0.25, 0.3) is 0 Å². The molecule has 4 bridgehead atoms. The molecule has 1 heterocycles. The summed E-state index contributed by atoms with van der Waals surface area (Å²) >= 11 is 1.57. The largest absolute Gasteiger partial charge is 0.289 e. The summed E-state index contributed by atoms with van der Waals surface area (Å²) in [6, 6.07) is 2.36. The van der Waals surface area contributed by atoms with Crippen LogP contribution in [0.1, 0.15) is 55.1 Å². The van der Waals surface area contributed by atoms with Crippen molar-refractivity contribution in [2.75, 3.05) is 0 Å². The zero-order valence-corrected chi connectivity index (χ0v) is 13.3. The van der Waals surface area contributed by atoms with Crippen LogP contribution in [0.15, 0.2) is 10.4 Å². The molecule has 4 heteroatoms. The first-order chi connectivity index (χ1) is 10.2. The fourth-order valence-corrected chi connectivity index (χ4v) is 5.92. The predicted octanol–water partition coefficient (Wildman–Crippen LogP) is 4.10. The number of aryl methyl sites for hydroxylation is 1. The number of nitrogens with zero attached hydrogens (tertiary/aromatic N) is 3. The normalized spacial score (nSPS) is 38.8. The van der Waals surface area contributed by atoms with E-state index in [1.165, 1.54) is 38.5 Å². The van der Waals surface area contributed by atoms with Gasteiger partial charge in [-0.25, -0.2) is 4.98 Å². The molecule has 5 rings (SSSR count). The second kappa shape index (κ2) is 4.91. The van der Waals surface area contributed by atoms with E-state index in [4.69, 9.17) is 4.99 Å². The summed E-state index contributed by atoms with van der Waals surface area (Å²) in [5, 5.41) is 12.3. The number of hydrogen-bond acceptors (Lipinski definition) is 4. The van der Waals surface area contributed by atoms with Gasteiger partial charge in [0.2, 0.25) is 0 Å². The Morgan fingerprint density at radius 3 is 2.43 bits per heavy atom. The van der Waals surface area contributed by atoms with E-state index in [2.05, 4.69) is 11.1 Å². The summed E-state index contributed by atoms with van der Waals surface area (Å²) in [5.41, 5.74) is 1.16. The molecule has 1 atom stereocenters. The minimum atomic E-state index is -0.267. The number of rotatable bonds is 3. The molecule has 110 valence electrons. The highest BCUT2D eigenvalue weighted by Gasteiger charge is 2.50. The molecule has 0 aromatic carbocycles. The van der Waals surface area contributed by atoms with Gasteiger partial charge in [-0.1, -0.05) is 0 Å². The summed E-state index contributed by atoms with van der Waals surface area (Å²) in [6.45, 7) is 1.98. The molecule has 3 nitrogen and oxygen atoms in total. The Kier molecular flexibility index (Phi) is 3.15. The van der Waals surface area contributed by atoms with Gasteiger partial charge in [0, 0.05) is 17.3 Å². The second-order valence-electron chi connectivity index (χ2n) is 7.35. The predicted molar refractivity (Wildman–Crippen MR) is 84.6 cm³/mol. The van der Waals surface area contributed by atoms with E-state index in [0.29, 0.717) is 0 Å². The molecule has 4 saturated carbocycles. The SMILES string of the molecule is Cc1csc([C@@H](C#N)C=NC23CC4CC(CC(C4)C2)C3)n1.